The average Bonchev–Trinajstić information content (AvgIpc) is 3.02. The van der Waals surface area contributed by atoms with Crippen LogP contribution >= 0.6 is 0 Å². The molecular weight excluding hydrogens is 270 g/mol. The summed E-state index contributed by atoms with van der Waals surface area (Å²) in [6, 6.07) is 4.93. The first-order valence-corrected chi connectivity index (χ1v) is 7.46. The Morgan fingerprint density at radius 1 is 1.05 bits per heavy atom. The van der Waals surface area contributed by atoms with E-state index in [1.54, 1.807) is 6.07 Å². The van der Waals surface area contributed by atoms with E-state index in [0.29, 0.717) is 11.2 Å². The van der Waals surface area contributed by atoms with Gasteiger partial charge in [0.05, 0.1) is 11.2 Å². The molecule has 0 N–H and O–H groups in total. The Morgan fingerprint density at radius 3 is 2.10 bits per heavy atom. The van der Waals surface area contributed by atoms with Gasteiger partial charge in [0, 0.05) is 0 Å². The van der Waals surface area contributed by atoms with Crippen LogP contribution in [0.1, 0.15) is 47.5 Å². The fourth-order valence-electron chi connectivity index (χ4n) is 2.27. The van der Waals surface area contributed by atoms with Gasteiger partial charge in [-0.15, -0.1) is 0 Å². The molecule has 114 valence electrons. The molecular formula is C16H22BFO3. The van der Waals surface area contributed by atoms with Crippen molar-refractivity contribution in [2.75, 3.05) is 0 Å². The summed E-state index contributed by atoms with van der Waals surface area (Å²) in [6.45, 7) is 9.92. The second-order valence-corrected chi connectivity index (χ2v) is 7.33. The topological polar surface area (TPSA) is 27.7 Å². The number of halogens is 1. The molecule has 21 heavy (non-hydrogen) atoms. The standard InChI is InChI=1S/C16H22BFO3/c1-14(2)15(3,4)21-17(20-14)11-6-7-13(12(18)10-11)19-16(5)8-9-16/h6-7,10H,8-9H2,1-5H3. The summed E-state index contributed by atoms with van der Waals surface area (Å²) in [4.78, 5) is 0. The maximum absolute atomic E-state index is 14.2. The molecule has 1 saturated carbocycles. The van der Waals surface area contributed by atoms with Gasteiger partial charge >= 0.3 is 7.12 Å². The largest absolute Gasteiger partial charge is 0.494 e. The molecule has 2 aliphatic rings. The van der Waals surface area contributed by atoms with Crippen LogP contribution in [0.2, 0.25) is 0 Å². The smallest absolute Gasteiger partial charge is 0.485 e. The Kier molecular flexibility index (Phi) is 3.16. The number of rotatable bonds is 3. The molecule has 0 atom stereocenters. The van der Waals surface area contributed by atoms with Crippen LogP contribution < -0.4 is 10.2 Å². The van der Waals surface area contributed by atoms with E-state index in [1.165, 1.54) is 6.07 Å². The van der Waals surface area contributed by atoms with Crippen molar-refractivity contribution < 1.29 is 18.4 Å². The number of benzene rings is 1. The maximum atomic E-state index is 14.2. The van der Waals surface area contributed by atoms with Crippen LogP contribution in [0.5, 0.6) is 5.75 Å². The lowest BCUT2D eigenvalue weighted by Crippen LogP contribution is -2.41. The van der Waals surface area contributed by atoms with E-state index < -0.39 is 18.3 Å². The number of ether oxygens (including phenoxy) is 1. The van der Waals surface area contributed by atoms with E-state index >= 15 is 0 Å². The van der Waals surface area contributed by atoms with Gasteiger partial charge in [0.2, 0.25) is 0 Å². The van der Waals surface area contributed by atoms with Crippen molar-refractivity contribution in [3.63, 3.8) is 0 Å². The summed E-state index contributed by atoms with van der Waals surface area (Å²) < 4.78 is 31.8. The van der Waals surface area contributed by atoms with Crippen LogP contribution in [-0.4, -0.2) is 23.9 Å². The molecule has 3 rings (SSSR count). The van der Waals surface area contributed by atoms with Gasteiger partial charge in [-0.1, -0.05) is 6.07 Å². The van der Waals surface area contributed by atoms with Crippen molar-refractivity contribution in [2.24, 2.45) is 0 Å². The van der Waals surface area contributed by atoms with Gasteiger partial charge in [0.15, 0.2) is 11.6 Å². The lowest BCUT2D eigenvalue weighted by Gasteiger charge is -2.32. The summed E-state index contributed by atoms with van der Waals surface area (Å²) in [5.41, 5.74) is -0.359. The van der Waals surface area contributed by atoms with Crippen LogP contribution in [0.3, 0.4) is 0 Å². The van der Waals surface area contributed by atoms with E-state index in [-0.39, 0.29) is 11.4 Å². The molecule has 0 amide bonds. The Bertz CT molecular complexity index is 551. The summed E-state index contributed by atoms with van der Waals surface area (Å²) in [5.74, 6) is -0.0643. The summed E-state index contributed by atoms with van der Waals surface area (Å²) >= 11 is 0. The Hall–Kier alpha value is -1.07. The summed E-state index contributed by atoms with van der Waals surface area (Å²) in [7, 11) is -0.546. The highest BCUT2D eigenvalue weighted by Crippen LogP contribution is 2.40. The molecule has 3 nitrogen and oxygen atoms in total. The van der Waals surface area contributed by atoms with Crippen LogP contribution in [0.4, 0.5) is 4.39 Å². The Balaban J connectivity index is 1.80. The van der Waals surface area contributed by atoms with Crippen molar-refractivity contribution in [3.8, 4) is 5.75 Å². The molecule has 0 aromatic heterocycles. The zero-order valence-corrected chi connectivity index (χ0v) is 13.3. The third-order valence-electron chi connectivity index (χ3n) is 4.79. The summed E-state index contributed by atoms with van der Waals surface area (Å²) in [6.07, 6.45) is 1.96. The minimum Gasteiger partial charge on any atom is -0.485 e. The monoisotopic (exact) mass is 292 g/mol. The van der Waals surface area contributed by atoms with Crippen LogP contribution in [-0.2, 0) is 9.31 Å². The van der Waals surface area contributed by atoms with Crippen LogP contribution in [0, 0.1) is 5.82 Å². The van der Waals surface area contributed by atoms with Gasteiger partial charge in [-0.05, 0) is 65.1 Å². The van der Waals surface area contributed by atoms with E-state index in [9.17, 15) is 4.39 Å². The molecule has 0 spiro atoms. The van der Waals surface area contributed by atoms with Gasteiger partial charge in [-0.25, -0.2) is 4.39 Å². The van der Waals surface area contributed by atoms with Gasteiger partial charge < -0.3 is 14.0 Å². The lowest BCUT2D eigenvalue weighted by atomic mass is 9.79. The van der Waals surface area contributed by atoms with Crippen molar-refractivity contribution in [2.45, 2.75) is 64.3 Å². The quantitative estimate of drug-likeness (QED) is 0.801. The second-order valence-electron chi connectivity index (χ2n) is 7.33. The molecule has 1 heterocycles. The van der Waals surface area contributed by atoms with Gasteiger partial charge in [-0.3, -0.25) is 0 Å². The molecule has 1 saturated heterocycles. The van der Waals surface area contributed by atoms with Gasteiger partial charge in [0.1, 0.15) is 5.60 Å². The predicted octanol–water partition coefficient (Wildman–Crippen LogP) is 3.06. The van der Waals surface area contributed by atoms with Crippen LogP contribution in [0.15, 0.2) is 18.2 Å². The molecule has 0 radical (unpaired) electrons. The zero-order chi connectivity index (χ0) is 15.5. The van der Waals surface area contributed by atoms with E-state index in [2.05, 4.69) is 0 Å². The van der Waals surface area contributed by atoms with Crippen molar-refractivity contribution >= 4 is 12.6 Å². The Labute approximate surface area is 125 Å². The fourth-order valence-corrected chi connectivity index (χ4v) is 2.27. The first-order valence-electron chi connectivity index (χ1n) is 7.46. The highest BCUT2D eigenvalue weighted by molar-refractivity contribution is 6.62. The average molecular weight is 292 g/mol. The molecule has 5 heteroatoms. The van der Waals surface area contributed by atoms with E-state index in [0.717, 1.165) is 12.8 Å². The molecule has 1 aromatic carbocycles. The summed E-state index contributed by atoms with van der Waals surface area (Å²) in [5, 5.41) is 0. The molecule has 1 aromatic rings. The van der Waals surface area contributed by atoms with Gasteiger partial charge in [-0.2, -0.15) is 0 Å². The fraction of sp³-hybridized carbons (Fsp3) is 0.625. The number of hydrogen-bond acceptors (Lipinski definition) is 3. The van der Waals surface area contributed by atoms with E-state index in [4.69, 9.17) is 14.0 Å². The number of hydrogen-bond donors (Lipinski definition) is 0. The second kappa shape index (κ2) is 4.46. The molecule has 0 bridgehead atoms. The van der Waals surface area contributed by atoms with Gasteiger partial charge in [0.25, 0.3) is 0 Å². The molecule has 1 aliphatic heterocycles. The minimum atomic E-state index is -0.546. The highest BCUT2D eigenvalue weighted by Gasteiger charge is 2.51. The maximum Gasteiger partial charge on any atom is 0.494 e. The van der Waals surface area contributed by atoms with Crippen molar-refractivity contribution in [1.29, 1.82) is 0 Å². The first-order chi connectivity index (χ1) is 9.62. The molecule has 0 unspecified atom stereocenters. The third kappa shape index (κ3) is 2.69. The SMILES string of the molecule is CC1(Oc2ccc(B3OC(C)(C)C(C)(C)O3)cc2F)CC1. The normalized spacial score (nSPS) is 25.0. The Morgan fingerprint density at radius 2 is 1.62 bits per heavy atom. The van der Waals surface area contributed by atoms with Crippen molar-refractivity contribution in [1.82, 2.24) is 0 Å². The third-order valence-corrected chi connectivity index (χ3v) is 4.79. The zero-order valence-electron chi connectivity index (χ0n) is 13.3. The van der Waals surface area contributed by atoms with Crippen molar-refractivity contribution in [3.05, 3.63) is 24.0 Å². The van der Waals surface area contributed by atoms with Crippen LogP contribution in [0.25, 0.3) is 0 Å². The minimum absolute atomic E-state index is 0.188. The first kappa shape index (κ1) is 14.9. The van der Waals surface area contributed by atoms with E-state index in [1.807, 2.05) is 40.7 Å². The highest BCUT2D eigenvalue weighted by atomic mass is 19.1. The molecule has 1 aliphatic carbocycles. The molecule has 2 fully saturated rings. The predicted molar refractivity (Wildman–Crippen MR) is 80.4 cm³/mol. The lowest BCUT2D eigenvalue weighted by molar-refractivity contribution is 0.00578.